The van der Waals surface area contributed by atoms with E-state index < -0.39 is 16.8 Å². The molecule has 0 spiro atoms. The van der Waals surface area contributed by atoms with Gasteiger partial charge in [0, 0.05) is 18.1 Å². The van der Waals surface area contributed by atoms with Crippen molar-refractivity contribution in [1.29, 1.82) is 0 Å². The second kappa shape index (κ2) is 8.24. The number of hydrogen-bond donors (Lipinski definition) is 1. The van der Waals surface area contributed by atoms with Crippen LogP contribution in [0.3, 0.4) is 0 Å². The number of non-ortho nitro benzene ring substituents is 1. The van der Waals surface area contributed by atoms with Crippen molar-refractivity contribution < 1.29 is 14.8 Å². The van der Waals surface area contributed by atoms with Gasteiger partial charge in [-0.05, 0) is 68.3 Å². The Balaban J connectivity index is 1.74. The normalized spacial score (nSPS) is 26.3. The molecule has 3 rings (SSSR count). The summed E-state index contributed by atoms with van der Waals surface area (Å²) in [6, 6.07) is 6.44. The van der Waals surface area contributed by atoms with Crippen LogP contribution in [-0.2, 0) is 4.79 Å². The van der Waals surface area contributed by atoms with Crippen LogP contribution in [0.5, 0.6) is 0 Å². The summed E-state index contributed by atoms with van der Waals surface area (Å²) in [6.45, 7) is 1.86. The van der Waals surface area contributed by atoms with Gasteiger partial charge in [0.25, 0.3) is 5.69 Å². The molecule has 2 unspecified atom stereocenters. The van der Waals surface area contributed by atoms with E-state index in [0.717, 1.165) is 17.9 Å². The number of carbonyl (C=O) groups is 1. The van der Waals surface area contributed by atoms with E-state index in [2.05, 4.69) is 12.2 Å². The molecular weight excluding hydrogens is 342 g/mol. The van der Waals surface area contributed by atoms with Crippen molar-refractivity contribution >= 4 is 11.7 Å². The summed E-state index contributed by atoms with van der Waals surface area (Å²) >= 11 is 0. The zero-order valence-corrected chi connectivity index (χ0v) is 16.0. The van der Waals surface area contributed by atoms with Gasteiger partial charge in [0.1, 0.15) is 0 Å². The van der Waals surface area contributed by atoms with Gasteiger partial charge in [-0.1, -0.05) is 31.2 Å². The molecule has 146 valence electrons. The molecule has 2 aliphatic rings. The Kier molecular flexibility index (Phi) is 5.98. The molecule has 1 N–H and O–H groups in total. The minimum atomic E-state index is -0.838. The van der Waals surface area contributed by atoms with Gasteiger partial charge in [-0.15, -0.1) is 0 Å². The van der Waals surface area contributed by atoms with E-state index in [1.165, 1.54) is 44.2 Å². The Morgan fingerprint density at radius 1 is 1.37 bits per heavy atom. The van der Waals surface area contributed by atoms with Gasteiger partial charge in [0.15, 0.2) is 0 Å². The molecular formula is C22H29NO4. The van der Waals surface area contributed by atoms with Gasteiger partial charge in [-0.3, -0.25) is 14.9 Å². The van der Waals surface area contributed by atoms with Gasteiger partial charge in [0.2, 0.25) is 0 Å². The quantitative estimate of drug-likeness (QED) is 0.343. The van der Waals surface area contributed by atoms with Crippen molar-refractivity contribution in [1.82, 2.24) is 0 Å². The Morgan fingerprint density at radius 3 is 2.67 bits per heavy atom. The topological polar surface area (TPSA) is 80.4 Å². The van der Waals surface area contributed by atoms with Crippen molar-refractivity contribution in [3.05, 3.63) is 52.1 Å². The van der Waals surface area contributed by atoms with Crippen molar-refractivity contribution in [2.45, 2.75) is 64.2 Å². The third kappa shape index (κ3) is 4.40. The average molecular weight is 371 g/mol. The Labute approximate surface area is 160 Å². The first-order chi connectivity index (χ1) is 12.9. The number of allylic oxidation sites excluding steroid dienone is 2. The molecule has 2 bridgehead atoms. The third-order valence-corrected chi connectivity index (χ3v) is 6.75. The molecule has 0 heterocycles. The second-order valence-electron chi connectivity index (χ2n) is 8.37. The fourth-order valence-corrected chi connectivity index (χ4v) is 5.21. The summed E-state index contributed by atoms with van der Waals surface area (Å²) in [7, 11) is 0. The first kappa shape index (κ1) is 19.6. The predicted octanol–water partition coefficient (Wildman–Crippen LogP) is 5.71. The fraction of sp³-hybridized carbons (Fsp3) is 0.591. The van der Waals surface area contributed by atoms with Crippen molar-refractivity contribution in [2.75, 3.05) is 0 Å². The molecule has 0 amide bonds. The molecule has 2 atom stereocenters. The van der Waals surface area contributed by atoms with E-state index in [4.69, 9.17) is 0 Å². The van der Waals surface area contributed by atoms with Gasteiger partial charge in [-0.2, -0.15) is 0 Å². The van der Waals surface area contributed by atoms with Crippen LogP contribution in [0.4, 0.5) is 5.69 Å². The average Bonchev–Trinajstić information content (AvgIpc) is 3.25. The van der Waals surface area contributed by atoms with Crippen molar-refractivity contribution in [3.8, 4) is 0 Å². The lowest BCUT2D eigenvalue weighted by molar-refractivity contribution is -0.384. The molecule has 0 radical (unpaired) electrons. The van der Waals surface area contributed by atoms with Crippen LogP contribution in [0.25, 0.3) is 0 Å². The molecule has 5 nitrogen and oxygen atoms in total. The zero-order valence-electron chi connectivity index (χ0n) is 16.0. The number of nitrogens with zero attached hydrogens (tertiary/aromatic N) is 1. The summed E-state index contributed by atoms with van der Waals surface area (Å²) in [5, 5.41) is 20.7. The van der Waals surface area contributed by atoms with Crippen molar-refractivity contribution in [2.24, 2.45) is 17.3 Å². The van der Waals surface area contributed by atoms with Crippen LogP contribution >= 0.6 is 0 Å². The summed E-state index contributed by atoms with van der Waals surface area (Å²) in [5.41, 5.74) is 1.24. The van der Waals surface area contributed by atoms with Gasteiger partial charge < -0.3 is 5.11 Å². The minimum absolute atomic E-state index is 0.0172. The number of aliphatic carboxylic acids is 1. The van der Waals surface area contributed by atoms with E-state index in [0.29, 0.717) is 18.3 Å². The van der Waals surface area contributed by atoms with Gasteiger partial charge in [-0.25, -0.2) is 0 Å². The molecule has 5 heteroatoms. The van der Waals surface area contributed by atoms with E-state index in [-0.39, 0.29) is 11.6 Å². The maximum atomic E-state index is 11.8. The highest BCUT2D eigenvalue weighted by atomic mass is 16.6. The van der Waals surface area contributed by atoms with E-state index in [1.807, 2.05) is 13.0 Å². The lowest BCUT2D eigenvalue weighted by Gasteiger charge is -2.25. The molecule has 27 heavy (non-hydrogen) atoms. The lowest BCUT2D eigenvalue weighted by Crippen LogP contribution is -2.21. The van der Waals surface area contributed by atoms with E-state index in [9.17, 15) is 20.0 Å². The van der Waals surface area contributed by atoms with Crippen LogP contribution in [0.2, 0.25) is 0 Å². The van der Waals surface area contributed by atoms with Gasteiger partial charge >= 0.3 is 5.97 Å². The van der Waals surface area contributed by atoms with Crippen LogP contribution in [0.1, 0.15) is 69.8 Å². The SMILES string of the molecule is CCC(C(=O)O)C(CC=CCC12CCC(CC1)C2)c1cccc([N+](=O)[O-])c1. The number of nitro groups is 1. The molecule has 2 saturated carbocycles. The summed E-state index contributed by atoms with van der Waals surface area (Å²) in [4.78, 5) is 22.4. The largest absolute Gasteiger partial charge is 0.481 e. The predicted molar refractivity (Wildman–Crippen MR) is 105 cm³/mol. The first-order valence-electron chi connectivity index (χ1n) is 10.1. The second-order valence-corrected chi connectivity index (χ2v) is 8.37. The molecule has 0 aromatic heterocycles. The van der Waals surface area contributed by atoms with E-state index in [1.54, 1.807) is 6.07 Å². The van der Waals surface area contributed by atoms with Gasteiger partial charge in [0.05, 0.1) is 10.8 Å². The lowest BCUT2D eigenvalue weighted by atomic mass is 9.79. The number of nitro benzene ring substituents is 1. The number of hydrogen-bond acceptors (Lipinski definition) is 3. The highest BCUT2D eigenvalue weighted by molar-refractivity contribution is 5.71. The third-order valence-electron chi connectivity index (χ3n) is 6.75. The highest BCUT2D eigenvalue weighted by Crippen LogP contribution is 2.56. The molecule has 2 aliphatic carbocycles. The summed E-state index contributed by atoms with van der Waals surface area (Å²) in [6.07, 6.45) is 13.2. The molecule has 1 aromatic rings. The molecule has 0 aliphatic heterocycles. The number of benzene rings is 1. The Hall–Kier alpha value is -2.17. The summed E-state index contributed by atoms with van der Waals surface area (Å²) in [5.74, 6) is -0.707. The zero-order chi connectivity index (χ0) is 19.4. The number of carboxylic acids is 1. The van der Waals surface area contributed by atoms with E-state index >= 15 is 0 Å². The minimum Gasteiger partial charge on any atom is -0.481 e. The van der Waals surface area contributed by atoms with Crippen molar-refractivity contribution in [3.63, 3.8) is 0 Å². The highest BCUT2D eigenvalue weighted by Gasteiger charge is 2.43. The standard InChI is InChI=1S/C22H29NO4/c1-2-19(21(24)25)20(17-6-5-7-18(14-17)23(26)27)8-3-4-11-22-12-9-16(15-22)10-13-22/h3-7,14,16,19-20H,2,8-13,15H2,1H3,(H,24,25). The molecule has 0 saturated heterocycles. The number of rotatable bonds is 9. The van der Waals surface area contributed by atoms with Crippen LogP contribution < -0.4 is 0 Å². The Bertz CT molecular complexity index is 719. The van der Waals surface area contributed by atoms with Crippen LogP contribution in [-0.4, -0.2) is 16.0 Å². The summed E-state index contributed by atoms with van der Waals surface area (Å²) < 4.78 is 0. The monoisotopic (exact) mass is 371 g/mol. The van der Waals surface area contributed by atoms with Crippen LogP contribution in [0, 0.1) is 27.4 Å². The number of carboxylic acid groups (broad SMARTS) is 1. The molecule has 1 aromatic carbocycles. The molecule has 2 fully saturated rings. The smallest absolute Gasteiger partial charge is 0.307 e. The maximum Gasteiger partial charge on any atom is 0.307 e. The van der Waals surface area contributed by atoms with Crippen LogP contribution in [0.15, 0.2) is 36.4 Å². The Morgan fingerprint density at radius 2 is 2.11 bits per heavy atom. The maximum absolute atomic E-state index is 11.8. The first-order valence-corrected chi connectivity index (χ1v) is 10.1. The fourth-order valence-electron chi connectivity index (χ4n) is 5.21. The number of fused-ring (bicyclic) bond motifs is 2.